The van der Waals surface area contributed by atoms with E-state index in [1.54, 1.807) is 0 Å². The number of carbonyl (C=O) groups is 1. The molecule has 0 saturated heterocycles. The summed E-state index contributed by atoms with van der Waals surface area (Å²) in [5.74, 6) is -0.0952. The molecule has 0 radical (unpaired) electrons. The molecule has 1 atom stereocenters. The van der Waals surface area contributed by atoms with Gasteiger partial charge >= 0.3 is 5.97 Å². The number of ether oxygens (including phenoxy) is 1. The second kappa shape index (κ2) is 12.5. The molecule has 0 fully saturated rings. The fourth-order valence-corrected chi connectivity index (χ4v) is 2.22. The zero-order chi connectivity index (χ0) is 14.5. The Balaban J connectivity index is 3.76. The summed E-state index contributed by atoms with van der Waals surface area (Å²) in [4.78, 5) is 11.8. The molecule has 0 heterocycles. The van der Waals surface area contributed by atoms with E-state index in [9.17, 15) is 4.79 Å². The minimum atomic E-state index is -0.129. The first-order valence-corrected chi connectivity index (χ1v) is 8.04. The molecular formula is C16H33NO2. The fraction of sp³-hybridized carbons (Fsp3) is 0.938. The number of unbranched alkanes of at least 4 members (excludes halogenated alkanes) is 6. The van der Waals surface area contributed by atoms with Gasteiger partial charge in [0.15, 0.2) is 0 Å². The topological polar surface area (TPSA) is 38.3 Å². The van der Waals surface area contributed by atoms with Gasteiger partial charge in [0.05, 0.1) is 6.61 Å². The summed E-state index contributed by atoms with van der Waals surface area (Å²) < 4.78 is 5.11. The van der Waals surface area contributed by atoms with E-state index in [4.69, 9.17) is 4.74 Å². The van der Waals surface area contributed by atoms with E-state index in [1.165, 1.54) is 38.5 Å². The van der Waals surface area contributed by atoms with E-state index < -0.39 is 0 Å². The highest BCUT2D eigenvalue weighted by molar-refractivity contribution is 5.75. The van der Waals surface area contributed by atoms with Crippen molar-refractivity contribution in [3.8, 4) is 0 Å². The third-order valence-corrected chi connectivity index (χ3v) is 3.20. The largest absolute Gasteiger partial charge is 0.465 e. The van der Waals surface area contributed by atoms with Crippen LogP contribution in [0.3, 0.4) is 0 Å². The monoisotopic (exact) mass is 271 g/mol. The van der Waals surface area contributed by atoms with Crippen LogP contribution in [-0.4, -0.2) is 24.7 Å². The van der Waals surface area contributed by atoms with Crippen LogP contribution in [0.15, 0.2) is 0 Å². The number of nitrogens with one attached hydrogen (secondary N) is 1. The van der Waals surface area contributed by atoms with Crippen LogP contribution in [0.4, 0.5) is 0 Å². The predicted molar refractivity (Wildman–Crippen MR) is 81.3 cm³/mol. The molecule has 0 spiro atoms. The van der Waals surface area contributed by atoms with Crippen LogP contribution in [0.5, 0.6) is 0 Å². The smallest absolute Gasteiger partial charge is 0.323 e. The maximum absolute atomic E-state index is 11.8. The van der Waals surface area contributed by atoms with E-state index in [0.717, 1.165) is 12.8 Å². The summed E-state index contributed by atoms with van der Waals surface area (Å²) >= 11 is 0. The van der Waals surface area contributed by atoms with Gasteiger partial charge in [0.2, 0.25) is 0 Å². The lowest BCUT2D eigenvalue weighted by Gasteiger charge is -2.19. The summed E-state index contributed by atoms with van der Waals surface area (Å²) in [7, 11) is 0. The highest BCUT2D eigenvalue weighted by atomic mass is 16.5. The van der Waals surface area contributed by atoms with E-state index in [-0.39, 0.29) is 12.0 Å². The third-order valence-electron chi connectivity index (χ3n) is 3.20. The summed E-state index contributed by atoms with van der Waals surface area (Å²) in [5.41, 5.74) is 0. The second-order valence-electron chi connectivity index (χ2n) is 5.54. The van der Waals surface area contributed by atoms with Crippen LogP contribution in [0, 0.1) is 0 Å². The molecule has 0 aliphatic carbocycles. The Morgan fingerprint density at radius 2 is 1.58 bits per heavy atom. The standard InChI is InChI=1S/C16H33NO2/c1-5-7-8-9-10-11-12-13-15(17-14(3)4)16(18)19-6-2/h14-15,17H,5-13H2,1-4H3. The first-order valence-electron chi connectivity index (χ1n) is 8.04. The zero-order valence-corrected chi connectivity index (χ0v) is 13.3. The number of esters is 1. The first-order chi connectivity index (χ1) is 9.11. The molecule has 114 valence electrons. The Morgan fingerprint density at radius 3 is 2.11 bits per heavy atom. The molecule has 19 heavy (non-hydrogen) atoms. The van der Waals surface area contributed by atoms with Crippen LogP contribution < -0.4 is 5.32 Å². The van der Waals surface area contributed by atoms with Gasteiger partial charge in [-0.3, -0.25) is 4.79 Å². The molecule has 0 aromatic heterocycles. The molecule has 0 aromatic carbocycles. The molecule has 0 aliphatic rings. The number of hydrogen-bond acceptors (Lipinski definition) is 3. The molecular weight excluding hydrogens is 238 g/mol. The Bertz CT molecular complexity index is 217. The van der Waals surface area contributed by atoms with Gasteiger partial charge in [-0.2, -0.15) is 0 Å². The summed E-state index contributed by atoms with van der Waals surface area (Å²) in [5, 5.41) is 3.30. The number of carbonyl (C=O) groups excluding carboxylic acids is 1. The Hall–Kier alpha value is -0.570. The van der Waals surface area contributed by atoms with Gasteiger partial charge in [0.25, 0.3) is 0 Å². The van der Waals surface area contributed by atoms with Gasteiger partial charge in [-0.25, -0.2) is 0 Å². The van der Waals surface area contributed by atoms with E-state index in [1.807, 2.05) is 6.92 Å². The maximum Gasteiger partial charge on any atom is 0.323 e. The van der Waals surface area contributed by atoms with Crippen molar-refractivity contribution in [2.45, 2.75) is 91.1 Å². The quantitative estimate of drug-likeness (QED) is 0.430. The van der Waals surface area contributed by atoms with Crippen molar-refractivity contribution in [3.63, 3.8) is 0 Å². The van der Waals surface area contributed by atoms with Crippen molar-refractivity contribution in [3.05, 3.63) is 0 Å². The molecule has 1 unspecified atom stereocenters. The molecule has 0 bridgehead atoms. The second-order valence-corrected chi connectivity index (χ2v) is 5.54. The van der Waals surface area contributed by atoms with Crippen molar-refractivity contribution in [1.82, 2.24) is 5.32 Å². The van der Waals surface area contributed by atoms with Gasteiger partial charge in [0, 0.05) is 6.04 Å². The molecule has 0 saturated carbocycles. The van der Waals surface area contributed by atoms with Crippen molar-refractivity contribution in [2.24, 2.45) is 0 Å². The van der Waals surface area contributed by atoms with Gasteiger partial charge in [0.1, 0.15) is 6.04 Å². The minimum absolute atomic E-state index is 0.0952. The molecule has 0 aromatic rings. The van der Waals surface area contributed by atoms with Crippen LogP contribution in [-0.2, 0) is 9.53 Å². The average Bonchev–Trinajstić information content (AvgIpc) is 2.36. The molecule has 3 nitrogen and oxygen atoms in total. The van der Waals surface area contributed by atoms with Crippen molar-refractivity contribution in [2.75, 3.05) is 6.61 Å². The van der Waals surface area contributed by atoms with E-state index in [2.05, 4.69) is 26.1 Å². The zero-order valence-electron chi connectivity index (χ0n) is 13.3. The number of hydrogen-bond donors (Lipinski definition) is 1. The van der Waals surface area contributed by atoms with E-state index in [0.29, 0.717) is 12.6 Å². The Morgan fingerprint density at radius 1 is 1.00 bits per heavy atom. The van der Waals surface area contributed by atoms with Gasteiger partial charge < -0.3 is 10.1 Å². The summed E-state index contributed by atoms with van der Waals surface area (Å²) in [6, 6.07) is 0.189. The normalized spacial score (nSPS) is 12.7. The fourth-order valence-electron chi connectivity index (χ4n) is 2.22. The summed E-state index contributed by atoms with van der Waals surface area (Å²) in [6.07, 6.45) is 9.83. The molecule has 0 aliphatic heterocycles. The van der Waals surface area contributed by atoms with Gasteiger partial charge in [-0.15, -0.1) is 0 Å². The lowest BCUT2D eigenvalue weighted by atomic mass is 10.0. The van der Waals surface area contributed by atoms with Crippen LogP contribution in [0.25, 0.3) is 0 Å². The van der Waals surface area contributed by atoms with E-state index >= 15 is 0 Å². The predicted octanol–water partition coefficient (Wildman–Crippen LogP) is 4.06. The molecule has 0 rings (SSSR count). The maximum atomic E-state index is 11.8. The first kappa shape index (κ1) is 18.4. The minimum Gasteiger partial charge on any atom is -0.465 e. The average molecular weight is 271 g/mol. The van der Waals surface area contributed by atoms with Crippen molar-refractivity contribution >= 4 is 5.97 Å². The molecule has 0 amide bonds. The number of rotatable bonds is 12. The lowest BCUT2D eigenvalue weighted by Crippen LogP contribution is -2.41. The SMILES string of the molecule is CCCCCCCCCC(NC(C)C)C(=O)OCC. The van der Waals surface area contributed by atoms with Crippen LogP contribution >= 0.6 is 0 Å². The van der Waals surface area contributed by atoms with Crippen LogP contribution in [0.2, 0.25) is 0 Å². The Labute approximate surface area is 119 Å². The van der Waals surface area contributed by atoms with Gasteiger partial charge in [-0.1, -0.05) is 65.7 Å². The molecule has 1 N–H and O–H groups in total. The summed E-state index contributed by atoms with van der Waals surface area (Å²) in [6.45, 7) is 8.69. The van der Waals surface area contributed by atoms with Crippen LogP contribution in [0.1, 0.15) is 79.1 Å². The van der Waals surface area contributed by atoms with Crippen molar-refractivity contribution < 1.29 is 9.53 Å². The lowest BCUT2D eigenvalue weighted by molar-refractivity contribution is -0.146. The highest BCUT2D eigenvalue weighted by Crippen LogP contribution is 2.11. The Kier molecular flexibility index (Phi) is 12.1. The van der Waals surface area contributed by atoms with Gasteiger partial charge in [-0.05, 0) is 13.3 Å². The van der Waals surface area contributed by atoms with Crippen molar-refractivity contribution in [1.29, 1.82) is 0 Å². The highest BCUT2D eigenvalue weighted by Gasteiger charge is 2.19. The molecule has 3 heteroatoms. The third kappa shape index (κ3) is 11.0.